The topological polar surface area (TPSA) is 12.0 Å². The highest BCUT2D eigenvalue weighted by atomic mass is 35.5. The lowest BCUT2D eigenvalue weighted by Gasteiger charge is -2.23. The van der Waals surface area contributed by atoms with Crippen LogP contribution in [0.1, 0.15) is 19.3 Å². The van der Waals surface area contributed by atoms with Crippen molar-refractivity contribution >= 4 is 23.2 Å². The average Bonchev–Trinajstić information content (AvgIpc) is 2.36. The summed E-state index contributed by atoms with van der Waals surface area (Å²) in [7, 11) is 0. The third-order valence-corrected chi connectivity index (χ3v) is 3.84. The van der Waals surface area contributed by atoms with Crippen molar-refractivity contribution in [1.82, 2.24) is 5.32 Å². The average molecular weight is 180 g/mol. The summed E-state index contributed by atoms with van der Waals surface area (Å²) in [6, 6.07) is 0. The molecule has 2 fully saturated rings. The van der Waals surface area contributed by atoms with Gasteiger partial charge in [-0.2, -0.15) is 0 Å². The van der Waals surface area contributed by atoms with Crippen LogP contribution in [0.15, 0.2) is 0 Å². The zero-order valence-corrected chi connectivity index (χ0v) is 7.30. The molecule has 0 radical (unpaired) electrons. The van der Waals surface area contributed by atoms with Gasteiger partial charge in [0.05, 0.1) is 0 Å². The molecule has 2 aliphatic rings. The third-order valence-electron chi connectivity index (χ3n) is 2.77. The van der Waals surface area contributed by atoms with E-state index >= 15 is 0 Å². The first-order chi connectivity index (χ1) is 4.66. The van der Waals surface area contributed by atoms with Crippen LogP contribution in [-0.2, 0) is 0 Å². The molecular weight excluding hydrogens is 169 g/mol. The van der Waals surface area contributed by atoms with Crippen LogP contribution in [0.2, 0.25) is 0 Å². The fourth-order valence-electron chi connectivity index (χ4n) is 1.83. The molecule has 0 aromatic rings. The Kier molecular flexibility index (Phi) is 1.46. The Hall–Kier alpha value is 0.540. The van der Waals surface area contributed by atoms with Gasteiger partial charge in [0.15, 0.2) is 0 Å². The van der Waals surface area contributed by atoms with E-state index in [2.05, 4.69) is 5.32 Å². The van der Waals surface area contributed by atoms with Crippen molar-refractivity contribution in [2.24, 2.45) is 5.41 Å². The molecule has 1 saturated heterocycles. The van der Waals surface area contributed by atoms with E-state index in [-0.39, 0.29) is 4.33 Å². The van der Waals surface area contributed by atoms with E-state index in [9.17, 15) is 0 Å². The van der Waals surface area contributed by atoms with E-state index in [1.165, 1.54) is 0 Å². The lowest BCUT2D eigenvalue weighted by Crippen LogP contribution is -2.31. The highest BCUT2D eigenvalue weighted by Gasteiger charge is 2.65. The maximum Gasteiger partial charge on any atom is 0.124 e. The number of alkyl halides is 2. The predicted octanol–water partition coefficient (Wildman–Crippen LogP) is 1.93. The van der Waals surface area contributed by atoms with Crippen molar-refractivity contribution in [3.8, 4) is 0 Å². The van der Waals surface area contributed by atoms with Crippen LogP contribution < -0.4 is 5.32 Å². The predicted molar refractivity (Wildman–Crippen MR) is 43.6 cm³/mol. The Morgan fingerprint density at radius 1 is 1.10 bits per heavy atom. The molecule has 1 heterocycles. The third kappa shape index (κ3) is 0.876. The van der Waals surface area contributed by atoms with E-state index < -0.39 is 0 Å². The largest absolute Gasteiger partial charge is 0.317 e. The second kappa shape index (κ2) is 2.02. The molecule has 2 rings (SSSR count). The van der Waals surface area contributed by atoms with Crippen LogP contribution in [0.25, 0.3) is 0 Å². The zero-order chi connectivity index (χ0) is 7.24. The Balaban J connectivity index is 2.05. The first kappa shape index (κ1) is 7.20. The van der Waals surface area contributed by atoms with Crippen LogP contribution in [0.5, 0.6) is 0 Å². The van der Waals surface area contributed by atoms with Crippen molar-refractivity contribution < 1.29 is 0 Å². The highest BCUT2D eigenvalue weighted by molar-refractivity contribution is 6.51. The van der Waals surface area contributed by atoms with Gasteiger partial charge in [-0.25, -0.2) is 0 Å². The maximum absolute atomic E-state index is 6.01. The molecule has 0 bridgehead atoms. The lowest BCUT2D eigenvalue weighted by molar-refractivity contribution is 0.349. The van der Waals surface area contributed by atoms with E-state index in [1.807, 2.05) is 0 Å². The van der Waals surface area contributed by atoms with Gasteiger partial charge in [0.2, 0.25) is 0 Å². The molecule has 58 valence electrons. The molecule has 1 spiro atoms. The number of nitrogens with one attached hydrogen (secondary N) is 1. The van der Waals surface area contributed by atoms with Crippen molar-refractivity contribution in [1.29, 1.82) is 0 Å². The number of hydrogen-bond acceptors (Lipinski definition) is 1. The zero-order valence-electron chi connectivity index (χ0n) is 5.79. The Labute approximate surface area is 71.1 Å². The summed E-state index contributed by atoms with van der Waals surface area (Å²) in [6.07, 6.45) is 3.31. The van der Waals surface area contributed by atoms with Crippen molar-refractivity contribution in [3.05, 3.63) is 0 Å². The minimum absolute atomic E-state index is 0.293. The first-order valence-corrected chi connectivity index (χ1v) is 4.51. The summed E-state index contributed by atoms with van der Waals surface area (Å²) in [5.41, 5.74) is 0.293. The number of halogens is 2. The van der Waals surface area contributed by atoms with Gasteiger partial charge >= 0.3 is 0 Å². The molecule has 1 saturated carbocycles. The van der Waals surface area contributed by atoms with E-state index in [0.717, 1.165) is 32.4 Å². The molecule has 10 heavy (non-hydrogen) atoms. The van der Waals surface area contributed by atoms with Gasteiger partial charge in [0.1, 0.15) is 4.33 Å². The molecule has 3 heteroatoms. The van der Waals surface area contributed by atoms with Gasteiger partial charge in [-0.15, -0.1) is 23.2 Å². The second-order valence-corrected chi connectivity index (χ2v) is 4.90. The fourth-order valence-corrected chi connectivity index (χ4v) is 2.72. The van der Waals surface area contributed by atoms with Gasteiger partial charge in [-0.05, 0) is 32.4 Å². The SMILES string of the molecule is ClC1(Cl)CC12CCNCC2. The van der Waals surface area contributed by atoms with E-state index in [1.54, 1.807) is 0 Å². The maximum atomic E-state index is 6.01. The highest BCUT2D eigenvalue weighted by Crippen LogP contribution is 2.68. The number of hydrogen-bond donors (Lipinski definition) is 1. The van der Waals surface area contributed by atoms with Gasteiger partial charge < -0.3 is 5.32 Å². The van der Waals surface area contributed by atoms with Crippen LogP contribution >= 0.6 is 23.2 Å². The molecule has 0 aromatic heterocycles. The Morgan fingerprint density at radius 3 is 1.90 bits per heavy atom. The molecule has 0 atom stereocenters. The van der Waals surface area contributed by atoms with Crippen molar-refractivity contribution in [2.45, 2.75) is 23.6 Å². The molecule has 1 aliphatic carbocycles. The van der Waals surface area contributed by atoms with Gasteiger partial charge in [0, 0.05) is 5.41 Å². The first-order valence-electron chi connectivity index (χ1n) is 3.75. The fraction of sp³-hybridized carbons (Fsp3) is 1.00. The smallest absolute Gasteiger partial charge is 0.124 e. The summed E-state index contributed by atoms with van der Waals surface area (Å²) < 4.78 is -0.380. The Bertz CT molecular complexity index is 150. The van der Waals surface area contributed by atoms with Gasteiger partial charge in [-0.3, -0.25) is 0 Å². The summed E-state index contributed by atoms with van der Waals surface area (Å²) in [5, 5.41) is 3.30. The quantitative estimate of drug-likeness (QED) is 0.561. The van der Waals surface area contributed by atoms with Crippen LogP contribution in [0, 0.1) is 5.41 Å². The van der Waals surface area contributed by atoms with E-state index in [0.29, 0.717) is 5.41 Å². The summed E-state index contributed by atoms with van der Waals surface area (Å²) >= 11 is 12.0. The monoisotopic (exact) mass is 179 g/mol. The van der Waals surface area contributed by atoms with Crippen molar-refractivity contribution in [2.75, 3.05) is 13.1 Å². The van der Waals surface area contributed by atoms with Gasteiger partial charge in [0.25, 0.3) is 0 Å². The van der Waals surface area contributed by atoms with Crippen LogP contribution in [0.3, 0.4) is 0 Å². The van der Waals surface area contributed by atoms with Crippen LogP contribution in [-0.4, -0.2) is 17.4 Å². The molecule has 1 aliphatic heterocycles. The molecule has 0 unspecified atom stereocenters. The summed E-state index contributed by atoms with van der Waals surface area (Å²) in [4.78, 5) is 0. The Morgan fingerprint density at radius 2 is 1.60 bits per heavy atom. The minimum Gasteiger partial charge on any atom is -0.317 e. The lowest BCUT2D eigenvalue weighted by atomic mass is 9.95. The molecule has 1 nitrogen and oxygen atoms in total. The molecule has 0 aromatic carbocycles. The number of rotatable bonds is 0. The van der Waals surface area contributed by atoms with E-state index in [4.69, 9.17) is 23.2 Å². The number of piperidine rings is 1. The summed E-state index contributed by atoms with van der Waals surface area (Å²) in [5.74, 6) is 0. The summed E-state index contributed by atoms with van der Waals surface area (Å²) in [6.45, 7) is 2.17. The molecular formula is C7H11Cl2N. The molecule has 1 N–H and O–H groups in total. The van der Waals surface area contributed by atoms with Crippen molar-refractivity contribution in [3.63, 3.8) is 0 Å². The van der Waals surface area contributed by atoms with Crippen LogP contribution in [0.4, 0.5) is 0 Å². The standard InChI is InChI=1S/C7H11Cl2N/c8-7(9)5-6(7)1-3-10-4-2-6/h10H,1-5H2. The normalized spacial score (nSPS) is 34.2. The second-order valence-electron chi connectivity index (χ2n) is 3.41. The minimum atomic E-state index is -0.380. The molecule has 0 amide bonds. The van der Waals surface area contributed by atoms with Gasteiger partial charge in [-0.1, -0.05) is 0 Å².